The fraction of sp³-hybridized carbons (Fsp3) is 0.571. The SMILES string of the molecule is CCC(CC)(B(C)O)c1cc(C(F)(F)F)cc(C(F)(F)F)c1. The van der Waals surface area contributed by atoms with Crippen LogP contribution in [0.5, 0.6) is 0 Å². The van der Waals surface area contributed by atoms with E-state index < -0.39 is 35.7 Å². The Hall–Kier alpha value is -1.18. The summed E-state index contributed by atoms with van der Waals surface area (Å²) in [4.78, 5) is 0. The highest BCUT2D eigenvalue weighted by molar-refractivity contribution is 6.52. The maximum absolute atomic E-state index is 12.9. The summed E-state index contributed by atoms with van der Waals surface area (Å²) in [6, 6.07) is 1.51. The summed E-state index contributed by atoms with van der Waals surface area (Å²) >= 11 is 0. The molecule has 0 aliphatic heterocycles. The van der Waals surface area contributed by atoms with Crippen LogP contribution in [-0.2, 0) is 17.7 Å². The first-order chi connectivity index (χ1) is 9.88. The van der Waals surface area contributed by atoms with Gasteiger partial charge in [0.2, 0.25) is 0 Å². The largest absolute Gasteiger partial charge is 0.450 e. The van der Waals surface area contributed by atoms with Crippen molar-refractivity contribution in [2.75, 3.05) is 0 Å². The molecule has 0 aliphatic carbocycles. The van der Waals surface area contributed by atoms with Gasteiger partial charge in [-0.2, -0.15) is 26.3 Å². The summed E-state index contributed by atoms with van der Waals surface area (Å²) in [7, 11) is 0. The number of hydrogen-bond donors (Lipinski definition) is 1. The van der Waals surface area contributed by atoms with E-state index in [1.165, 1.54) is 6.82 Å². The fourth-order valence-corrected chi connectivity index (χ4v) is 2.73. The Morgan fingerprint density at radius 1 is 0.818 bits per heavy atom. The number of halogens is 6. The van der Waals surface area contributed by atoms with Crippen LogP contribution in [0.4, 0.5) is 26.3 Å². The topological polar surface area (TPSA) is 20.2 Å². The molecule has 0 spiro atoms. The van der Waals surface area contributed by atoms with Gasteiger partial charge >= 0.3 is 12.4 Å². The molecule has 1 aromatic carbocycles. The van der Waals surface area contributed by atoms with Crippen LogP contribution in [0.15, 0.2) is 18.2 Å². The second-order valence-corrected chi connectivity index (χ2v) is 5.33. The first-order valence-corrected chi connectivity index (χ1v) is 6.86. The van der Waals surface area contributed by atoms with E-state index in [1.807, 2.05) is 0 Å². The second-order valence-electron chi connectivity index (χ2n) is 5.33. The van der Waals surface area contributed by atoms with Gasteiger partial charge in [-0.05, 0) is 23.8 Å². The normalized spacial score (nSPS) is 13.4. The highest BCUT2D eigenvalue weighted by Crippen LogP contribution is 2.41. The van der Waals surface area contributed by atoms with Crippen molar-refractivity contribution in [2.24, 2.45) is 0 Å². The minimum atomic E-state index is -4.89. The van der Waals surface area contributed by atoms with E-state index in [1.54, 1.807) is 13.8 Å². The molecular weight excluding hydrogens is 309 g/mol. The lowest BCUT2D eigenvalue weighted by molar-refractivity contribution is -0.143. The van der Waals surface area contributed by atoms with E-state index in [0.29, 0.717) is 12.1 Å². The van der Waals surface area contributed by atoms with Crippen LogP contribution in [-0.4, -0.2) is 11.9 Å². The smallest absolute Gasteiger partial charge is 0.416 e. The summed E-state index contributed by atoms with van der Waals surface area (Å²) in [5.41, 5.74) is -2.86. The third-order valence-electron chi connectivity index (χ3n) is 4.22. The van der Waals surface area contributed by atoms with Crippen molar-refractivity contribution < 1.29 is 31.4 Å². The number of hydrogen-bond acceptors (Lipinski definition) is 1. The lowest BCUT2D eigenvalue weighted by atomic mass is 9.42. The average molecular weight is 326 g/mol. The molecule has 1 nitrogen and oxygen atoms in total. The van der Waals surface area contributed by atoms with Crippen LogP contribution in [0.2, 0.25) is 6.82 Å². The third-order valence-corrected chi connectivity index (χ3v) is 4.22. The molecular formula is C14H17BF6O. The maximum Gasteiger partial charge on any atom is 0.416 e. The lowest BCUT2D eigenvalue weighted by Crippen LogP contribution is -2.41. The van der Waals surface area contributed by atoms with Gasteiger partial charge in [-0.15, -0.1) is 0 Å². The van der Waals surface area contributed by atoms with Crippen LogP contribution in [0.1, 0.15) is 43.4 Å². The van der Waals surface area contributed by atoms with Crippen LogP contribution in [0.3, 0.4) is 0 Å². The second kappa shape index (κ2) is 6.14. The van der Waals surface area contributed by atoms with Gasteiger partial charge in [-0.25, -0.2) is 0 Å². The van der Waals surface area contributed by atoms with Gasteiger partial charge in [0.05, 0.1) is 11.1 Å². The van der Waals surface area contributed by atoms with E-state index in [4.69, 9.17) is 0 Å². The van der Waals surface area contributed by atoms with Gasteiger partial charge in [0.25, 0.3) is 6.92 Å². The minimum Gasteiger partial charge on any atom is -0.450 e. The first kappa shape index (κ1) is 18.9. The Bertz CT molecular complexity index is 485. The van der Waals surface area contributed by atoms with Crippen LogP contribution < -0.4 is 0 Å². The van der Waals surface area contributed by atoms with Crippen molar-refractivity contribution in [3.63, 3.8) is 0 Å². The quantitative estimate of drug-likeness (QED) is 0.614. The van der Waals surface area contributed by atoms with Gasteiger partial charge in [-0.1, -0.05) is 33.5 Å². The molecule has 0 aliphatic rings. The summed E-state index contributed by atoms with van der Waals surface area (Å²) in [5.74, 6) is 0. The van der Waals surface area contributed by atoms with Gasteiger partial charge < -0.3 is 5.02 Å². The zero-order valence-corrected chi connectivity index (χ0v) is 12.4. The fourth-order valence-electron chi connectivity index (χ4n) is 2.73. The highest BCUT2D eigenvalue weighted by Gasteiger charge is 2.42. The zero-order chi connectivity index (χ0) is 17.3. The van der Waals surface area contributed by atoms with Crippen molar-refractivity contribution in [3.05, 3.63) is 34.9 Å². The van der Waals surface area contributed by atoms with Crippen LogP contribution in [0, 0.1) is 0 Å². The van der Waals surface area contributed by atoms with Crippen LogP contribution >= 0.6 is 0 Å². The molecule has 0 bridgehead atoms. The molecule has 0 aromatic heterocycles. The Balaban J connectivity index is 3.67. The molecule has 0 heterocycles. The molecule has 0 unspecified atom stereocenters. The zero-order valence-electron chi connectivity index (χ0n) is 12.4. The summed E-state index contributed by atoms with van der Waals surface area (Å²) in [6.07, 6.45) is -9.33. The predicted octanol–water partition coefficient (Wildman–Crippen LogP) is 4.93. The molecule has 0 atom stereocenters. The molecule has 1 aromatic rings. The first-order valence-electron chi connectivity index (χ1n) is 6.86. The molecule has 0 saturated carbocycles. The van der Waals surface area contributed by atoms with E-state index in [0.717, 1.165) is 0 Å². The molecule has 124 valence electrons. The van der Waals surface area contributed by atoms with Crippen molar-refractivity contribution >= 4 is 6.92 Å². The van der Waals surface area contributed by atoms with E-state index in [2.05, 4.69) is 0 Å². The average Bonchev–Trinajstić information content (AvgIpc) is 2.38. The highest BCUT2D eigenvalue weighted by atomic mass is 19.4. The minimum absolute atomic E-state index is 0.0988. The Morgan fingerprint density at radius 3 is 1.36 bits per heavy atom. The van der Waals surface area contributed by atoms with Crippen molar-refractivity contribution in [3.8, 4) is 0 Å². The Morgan fingerprint density at radius 2 is 1.14 bits per heavy atom. The standard InChI is InChI=1S/C14H17BF6O/c1-4-12(5-2,15(3)22)9-6-10(13(16,17)18)8-11(7-9)14(19,20)21/h6-8,22H,4-5H2,1-3H3. The number of rotatable bonds is 4. The van der Waals surface area contributed by atoms with Gasteiger partial charge in [0.15, 0.2) is 0 Å². The molecule has 8 heteroatoms. The van der Waals surface area contributed by atoms with E-state index in [9.17, 15) is 31.4 Å². The van der Waals surface area contributed by atoms with E-state index >= 15 is 0 Å². The molecule has 0 amide bonds. The van der Waals surface area contributed by atoms with Crippen molar-refractivity contribution in [1.29, 1.82) is 0 Å². The maximum atomic E-state index is 12.9. The molecule has 0 saturated heterocycles. The van der Waals surface area contributed by atoms with Crippen molar-refractivity contribution in [2.45, 2.75) is 51.2 Å². The number of alkyl halides is 6. The lowest BCUT2D eigenvalue weighted by Gasteiger charge is -2.34. The van der Waals surface area contributed by atoms with Crippen molar-refractivity contribution in [1.82, 2.24) is 0 Å². The molecule has 22 heavy (non-hydrogen) atoms. The third kappa shape index (κ3) is 3.59. The number of benzene rings is 1. The van der Waals surface area contributed by atoms with Crippen LogP contribution in [0.25, 0.3) is 0 Å². The van der Waals surface area contributed by atoms with Gasteiger partial charge in [0.1, 0.15) is 0 Å². The molecule has 1 rings (SSSR count). The molecule has 1 N–H and O–H groups in total. The Labute approximate surface area is 125 Å². The molecule has 0 fully saturated rings. The summed E-state index contributed by atoms with van der Waals surface area (Å²) in [5, 5.41) is 8.79. The van der Waals surface area contributed by atoms with Gasteiger partial charge in [0, 0.05) is 5.31 Å². The summed E-state index contributed by atoms with van der Waals surface area (Å²) in [6.45, 7) is 3.56. The van der Waals surface area contributed by atoms with Gasteiger partial charge in [-0.3, -0.25) is 0 Å². The summed E-state index contributed by atoms with van der Waals surface area (Å²) < 4.78 is 77.4. The predicted molar refractivity (Wildman–Crippen MR) is 72.5 cm³/mol. The monoisotopic (exact) mass is 326 g/mol. The Kier molecular flexibility index (Phi) is 5.27. The molecule has 0 radical (unpaired) electrons. The van der Waals surface area contributed by atoms with E-state index in [-0.39, 0.29) is 24.5 Å².